The van der Waals surface area contributed by atoms with E-state index in [0.717, 1.165) is 29.5 Å². The Hall–Kier alpha value is -0.870. The van der Waals surface area contributed by atoms with Gasteiger partial charge in [0.25, 0.3) is 0 Å². The predicted octanol–water partition coefficient (Wildman–Crippen LogP) is 2.59. The maximum atomic E-state index is 10.5. The van der Waals surface area contributed by atoms with Gasteiger partial charge in [0.1, 0.15) is 12.0 Å². The topological polar surface area (TPSA) is 29.5 Å². The minimum Gasteiger partial charge on any atom is -0.492 e. The van der Waals surface area contributed by atoms with E-state index in [1.165, 1.54) is 0 Å². The molecule has 3 nitrogen and oxygen atoms in total. The quantitative estimate of drug-likeness (QED) is 0.594. The predicted molar refractivity (Wildman–Crippen MR) is 68.2 cm³/mol. The second kappa shape index (κ2) is 6.66. The number of carbonyl (C=O) groups is 1. The standard InChI is InChI=1S/C12H16BrNO2/c1-14(2)6-3-7-16-12-5-4-10(9-15)8-11(12)13/h4-5,8-9H,3,6-7H2,1-2H3. The van der Waals surface area contributed by atoms with Crippen molar-refractivity contribution in [3.8, 4) is 5.75 Å². The molecule has 0 amide bonds. The molecule has 0 fully saturated rings. The number of ether oxygens (including phenoxy) is 1. The Morgan fingerprint density at radius 2 is 2.19 bits per heavy atom. The summed E-state index contributed by atoms with van der Waals surface area (Å²) in [5.41, 5.74) is 0.646. The normalized spacial score (nSPS) is 10.5. The third-order valence-corrected chi connectivity index (χ3v) is 2.72. The van der Waals surface area contributed by atoms with E-state index >= 15 is 0 Å². The summed E-state index contributed by atoms with van der Waals surface area (Å²) in [5.74, 6) is 0.782. The molecule has 0 saturated carbocycles. The van der Waals surface area contributed by atoms with Gasteiger partial charge in [-0.2, -0.15) is 0 Å². The van der Waals surface area contributed by atoms with Crippen molar-refractivity contribution in [2.24, 2.45) is 0 Å². The summed E-state index contributed by atoms with van der Waals surface area (Å²) in [4.78, 5) is 12.7. The molecular weight excluding hydrogens is 270 g/mol. The summed E-state index contributed by atoms with van der Waals surface area (Å²) in [5, 5.41) is 0. The van der Waals surface area contributed by atoms with Gasteiger partial charge in [-0.3, -0.25) is 4.79 Å². The van der Waals surface area contributed by atoms with Gasteiger partial charge in [0, 0.05) is 12.1 Å². The number of hydrogen-bond donors (Lipinski definition) is 0. The van der Waals surface area contributed by atoms with Crippen molar-refractivity contribution in [3.05, 3.63) is 28.2 Å². The molecule has 0 N–H and O–H groups in total. The fraction of sp³-hybridized carbons (Fsp3) is 0.417. The molecule has 1 aromatic rings. The van der Waals surface area contributed by atoms with Crippen LogP contribution in [-0.4, -0.2) is 38.4 Å². The zero-order chi connectivity index (χ0) is 12.0. The molecular formula is C12H16BrNO2. The minimum atomic E-state index is 0.646. The molecule has 0 aliphatic heterocycles. The zero-order valence-electron chi connectivity index (χ0n) is 9.57. The lowest BCUT2D eigenvalue weighted by Gasteiger charge is -2.11. The van der Waals surface area contributed by atoms with E-state index in [4.69, 9.17) is 4.74 Å². The molecule has 1 rings (SSSR count). The van der Waals surface area contributed by atoms with Crippen molar-refractivity contribution in [1.29, 1.82) is 0 Å². The largest absolute Gasteiger partial charge is 0.492 e. The fourth-order valence-electron chi connectivity index (χ4n) is 1.27. The second-order valence-corrected chi connectivity index (χ2v) is 4.67. The highest BCUT2D eigenvalue weighted by Crippen LogP contribution is 2.25. The van der Waals surface area contributed by atoms with Crippen molar-refractivity contribution in [1.82, 2.24) is 4.90 Å². The third kappa shape index (κ3) is 4.33. The summed E-state index contributed by atoms with van der Waals surface area (Å²) < 4.78 is 6.42. The van der Waals surface area contributed by atoms with Crippen LogP contribution in [0.25, 0.3) is 0 Å². The van der Waals surface area contributed by atoms with Crippen molar-refractivity contribution >= 4 is 22.2 Å². The Labute approximate surface area is 105 Å². The van der Waals surface area contributed by atoms with E-state index in [1.807, 2.05) is 20.2 Å². The highest BCUT2D eigenvalue weighted by molar-refractivity contribution is 9.10. The summed E-state index contributed by atoms with van der Waals surface area (Å²) >= 11 is 3.37. The molecule has 1 aromatic carbocycles. The van der Waals surface area contributed by atoms with Crippen molar-refractivity contribution in [3.63, 3.8) is 0 Å². The second-order valence-electron chi connectivity index (χ2n) is 3.81. The first kappa shape index (κ1) is 13.2. The third-order valence-electron chi connectivity index (χ3n) is 2.10. The van der Waals surface area contributed by atoms with Crippen molar-refractivity contribution in [2.75, 3.05) is 27.2 Å². The van der Waals surface area contributed by atoms with Gasteiger partial charge in [0.15, 0.2) is 0 Å². The molecule has 0 heterocycles. The van der Waals surface area contributed by atoms with E-state index in [0.29, 0.717) is 12.2 Å². The molecule has 0 aliphatic rings. The molecule has 0 atom stereocenters. The van der Waals surface area contributed by atoms with Crippen molar-refractivity contribution < 1.29 is 9.53 Å². The van der Waals surface area contributed by atoms with Crippen LogP contribution in [0.4, 0.5) is 0 Å². The molecule has 0 unspecified atom stereocenters. The number of benzene rings is 1. The SMILES string of the molecule is CN(C)CCCOc1ccc(C=O)cc1Br. The van der Waals surface area contributed by atoms with E-state index in [-0.39, 0.29) is 0 Å². The molecule has 0 spiro atoms. The number of halogens is 1. The summed E-state index contributed by atoms with van der Waals surface area (Å²) in [6.45, 7) is 1.68. The van der Waals surface area contributed by atoms with Crippen LogP contribution in [0.2, 0.25) is 0 Å². The van der Waals surface area contributed by atoms with E-state index in [1.54, 1.807) is 12.1 Å². The van der Waals surface area contributed by atoms with E-state index in [2.05, 4.69) is 20.8 Å². The zero-order valence-corrected chi connectivity index (χ0v) is 11.2. The lowest BCUT2D eigenvalue weighted by molar-refractivity contribution is 0.112. The Kier molecular flexibility index (Phi) is 5.49. The number of hydrogen-bond acceptors (Lipinski definition) is 3. The number of rotatable bonds is 6. The van der Waals surface area contributed by atoms with Gasteiger partial charge in [-0.25, -0.2) is 0 Å². The van der Waals surface area contributed by atoms with Gasteiger partial charge in [-0.05, 0) is 54.6 Å². The Bertz CT molecular complexity index is 353. The first-order valence-electron chi connectivity index (χ1n) is 5.15. The van der Waals surface area contributed by atoms with Crippen LogP contribution in [0.3, 0.4) is 0 Å². The van der Waals surface area contributed by atoms with Gasteiger partial charge in [-0.1, -0.05) is 0 Å². The molecule has 0 bridgehead atoms. The van der Waals surface area contributed by atoms with Gasteiger partial charge < -0.3 is 9.64 Å². The average molecular weight is 286 g/mol. The van der Waals surface area contributed by atoms with Crippen LogP contribution in [0, 0.1) is 0 Å². The maximum absolute atomic E-state index is 10.5. The smallest absolute Gasteiger partial charge is 0.150 e. The van der Waals surface area contributed by atoms with Crippen LogP contribution in [0.5, 0.6) is 5.75 Å². The minimum absolute atomic E-state index is 0.646. The number of aldehydes is 1. The highest BCUT2D eigenvalue weighted by atomic mass is 79.9. The Balaban J connectivity index is 2.45. The first-order chi connectivity index (χ1) is 7.63. The molecule has 4 heteroatoms. The fourth-order valence-corrected chi connectivity index (χ4v) is 1.78. The van der Waals surface area contributed by atoms with Gasteiger partial charge in [-0.15, -0.1) is 0 Å². The van der Waals surface area contributed by atoms with E-state index in [9.17, 15) is 4.79 Å². The van der Waals surface area contributed by atoms with Crippen molar-refractivity contribution in [2.45, 2.75) is 6.42 Å². The molecule has 0 aromatic heterocycles. The molecule has 88 valence electrons. The highest BCUT2D eigenvalue weighted by Gasteiger charge is 2.02. The van der Waals surface area contributed by atoms with Gasteiger partial charge in [0.05, 0.1) is 11.1 Å². The lowest BCUT2D eigenvalue weighted by atomic mass is 10.2. The van der Waals surface area contributed by atoms with Crippen LogP contribution in [0.15, 0.2) is 22.7 Å². The molecule has 0 radical (unpaired) electrons. The monoisotopic (exact) mass is 285 g/mol. The number of nitrogens with zero attached hydrogens (tertiary/aromatic N) is 1. The Morgan fingerprint density at radius 3 is 2.75 bits per heavy atom. The summed E-state index contributed by atoms with van der Waals surface area (Å²) in [6.07, 6.45) is 1.80. The number of carbonyl (C=O) groups excluding carboxylic acids is 1. The van der Waals surface area contributed by atoms with Crippen LogP contribution in [0.1, 0.15) is 16.8 Å². The van der Waals surface area contributed by atoms with Gasteiger partial charge in [0.2, 0.25) is 0 Å². The molecule has 0 aliphatic carbocycles. The molecule has 0 saturated heterocycles. The average Bonchev–Trinajstić information content (AvgIpc) is 2.25. The summed E-state index contributed by atoms with van der Waals surface area (Å²) in [6, 6.07) is 5.32. The molecule has 16 heavy (non-hydrogen) atoms. The summed E-state index contributed by atoms with van der Waals surface area (Å²) in [7, 11) is 4.07. The van der Waals surface area contributed by atoms with Crippen LogP contribution in [-0.2, 0) is 0 Å². The van der Waals surface area contributed by atoms with Gasteiger partial charge >= 0.3 is 0 Å². The maximum Gasteiger partial charge on any atom is 0.150 e. The first-order valence-corrected chi connectivity index (χ1v) is 5.95. The van der Waals surface area contributed by atoms with Crippen LogP contribution >= 0.6 is 15.9 Å². The van der Waals surface area contributed by atoms with E-state index < -0.39 is 0 Å². The lowest BCUT2D eigenvalue weighted by Crippen LogP contribution is -2.15. The Morgan fingerprint density at radius 1 is 1.44 bits per heavy atom. The van der Waals surface area contributed by atoms with Crippen LogP contribution < -0.4 is 4.74 Å².